The first-order valence-electron chi connectivity index (χ1n) is 5.67. The number of nitrogens with zero attached hydrogens (tertiary/aromatic N) is 2. The second-order valence-corrected chi connectivity index (χ2v) is 4.47. The van der Waals surface area contributed by atoms with E-state index in [2.05, 4.69) is 15.3 Å². The predicted molar refractivity (Wildman–Crippen MR) is 62.2 cm³/mol. The minimum atomic E-state index is -0.282. The quantitative estimate of drug-likeness (QED) is 0.807. The lowest BCUT2D eigenvalue weighted by Gasteiger charge is -2.20. The van der Waals surface area contributed by atoms with Crippen LogP contribution in [0.3, 0.4) is 0 Å². The van der Waals surface area contributed by atoms with E-state index in [1.807, 2.05) is 13.8 Å². The van der Waals surface area contributed by atoms with Crippen LogP contribution in [0.2, 0.25) is 0 Å². The maximum Gasteiger partial charge on any atom is 0.232 e. The van der Waals surface area contributed by atoms with Crippen molar-refractivity contribution in [1.82, 2.24) is 14.9 Å². The molecule has 0 aromatic carbocycles. The SMILES string of the molecule is CC(C)N1CC(C(=O)Nc2ncc[nH]2)CC1=O. The Kier molecular flexibility index (Phi) is 3.12. The number of carbonyl (C=O) groups is 2. The van der Waals surface area contributed by atoms with Crippen LogP contribution in [0, 0.1) is 5.92 Å². The minimum absolute atomic E-state index is 0.0413. The Labute approximate surface area is 99.4 Å². The number of anilines is 1. The van der Waals surface area contributed by atoms with Crippen molar-refractivity contribution in [2.24, 2.45) is 5.92 Å². The maximum atomic E-state index is 11.9. The maximum absolute atomic E-state index is 11.9. The topological polar surface area (TPSA) is 78.1 Å². The lowest BCUT2D eigenvalue weighted by Crippen LogP contribution is -2.33. The van der Waals surface area contributed by atoms with Crippen molar-refractivity contribution in [2.45, 2.75) is 26.3 Å². The Morgan fingerprint density at radius 2 is 2.41 bits per heavy atom. The highest BCUT2D eigenvalue weighted by molar-refractivity contribution is 5.96. The molecule has 92 valence electrons. The molecular formula is C11H16N4O2. The summed E-state index contributed by atoms with van der Waals surface area (Å²) < 4.78 is 0. The van der Waals surface area contributed by atoms with Gasteiger partial charge in [-0.05, 0) is 13.8 Å². The Bertz CT molecular complexity index is 413. The van der Waals surface area contributed by atoms with Gasteiger partial charge in [0.25, 0.3) is 0 Å². The molecule has 2 rings (SSSR count). The average Bonchev–Trinajstić information content (AvgIpc) is 2.86. The summed E-state index contributed by atoms with van der Waals surface area (Å²) in [6.07, 6.45) is 3.48. The van der Waals surface area contributed by atoms with Crippen LogP contribution >= 0.6 is 0 Å². The van der Waals surface area contributed by atoms with Crippen molar-refractivity contribution < 1.29 is 9.59 Å². The number of carbonyl (C=O) groups excluding carboxylic acids is 2. The van der Waals surface area contributed by atoms with E-state index in [4.69, 9.17) is 0 Å². The van der Waals surface area contributed by atoms with E-state index in [0.29, 0.717) is 12.5 Å². The molecule has 6 nitrogen and oxygen atoms in total. The molecule has 17 heavy (non-hydrogen) atoms. The van der Waals surface area contributed by atoms with Crippen LogP contribution in [-0.2, 0) is 9.59 Å². The van der Waals surface area contributed by atoms with Crippen molar-refractivity contribution in [2.75, 3.05) is 11.9 Å². The minimum Gasteiger partial charge on any atom is -0.339 e. The van der Waals surface area contributed by atoms with Gasteiger partial charge < -0.3 is 9.88 Å². The van der Waals surface area contributed by atoms with Gasteiger partial charge in [0, 0.05) is 31.4 Å². The molecule has 1 aromatic heterocycles. The van der Waals surface area contributed by atoms with Gasteiger partial charge in [-0.1, -0.05) is 0 Å². The molecule has 1 unspecified atom stereocenters. The van der Waals surface area contributed by atoms with Gasteiger partial charge in [-0.3, -0.25) is 14.9 Å². The lowest BCUT2D eigenvalue weighted by molar-refractivity contribution is -0.129. The largest absolute Gasteiger partial charge is 0.339 e. The van der Waals surface area contributed by atoms with E-state index in [0.717, 1.165) is 0 Å². The predicted octanol–water partition coefficient (Wildman–Crippen LogP) is 0.605. The number of hydrogen-bond acceptors (Lipinski definition) is 3. The van der Waals surface area contributed by atoms with Gasteiger partial charge in [0.05, 0.1) is 5.92 Å². The van der Waals surface area contributed by atoms with E-state index in [9.17, 15) is 9.59 Å². The molecule has 0 spiro atoms. The van der Waals surface area contributed by atoms with Crippen molar-refractivity contribution in [3.63, 3.8) is 0 Å². The Balaban J connectivity index is 1.96. The fourth-order valence-electron chi connectivity index (χ4n) is 1.96. The highest BCUT2D eigenvalue weighted by Gasteiger charge is 2.35. The van der Waals surface area contributed by atoms with E-state index >= 15 is 0 Å². The van der Waals surface area contributed by atoms with Gasteiger partial charge in [0.15, 0.2) is 0 Å². The third-order valence-corrected chi connectivity index (χ3v) is 2.89. The fourth-order valence-corrected chi connectivity index (χ4v) is 1.96. The normalized spacial score (nSPS) is 20.1. The molecule has 0 radical (unpaired) electrons. The second kappa shape index (κ2) is 4.57. The third kappa shape index (κ3) is 2.46. The first-order valence-corrected chi connectivity index (χ1v) is 5.67. The van der Waals surface area contributed by atoms with Crippen molar-refractivity contribution >= 4 is 17.8 Å². The summed E-state index contributed by atoms with van der Waals surface area (Å²) in [5, 5.41) is 2.66. The summed E-state index contributed by atoms with van der Waals surface area (Å²) in [7, 11) is 0. The Morgan fingerprint density at radius 1 is 1.65 bits per heavy atom. The fraction of sp³-hybridized carbons (Fsp3) is 0.545. The molecule has 0 aliphatic carbocycles. The number of likely N-dealkylation sites (tertiary alicyclic amines) is 1. The van der Waals surface area contributed by atoms with Crippen molar-refractivity contribution in [1.29, 1.82) is 0 Å². The molecule has 1 aromatic rings. The van der Waals surface area contributed by atoms with Crippen molar-refractivity contribution in [3.05, 3.63) is 12.4 Å². The lowest BCUT2D eigenvalue weighted by atomic mass is 10.1. The number of hydrogen-bond donors (Lipinski definition) is 2. The van der Waals surface area contributed by atoms with E-state index in [1.165, 1.54) is 0 Å². The first kappa shape index (κ1) is 11.6. The highest BCUT2D eigenvalue weighted by Crippen LogP contribution is 2.21. The van der Waals surface area contributed by atoms with Gasteiger partial charge >= 0.3 is 0 Å². The molecule has 2 N–H and O–H groups in total. The van der Waals surface area contributed by atoms with Crippen LogP contribution in [0.5, 0.6) is 0 Å². The van der Waals surface area contributed by atoms with Crippen LogP contribution in [0.1, 0.15) is 20.3 Å². The molecule has 2 amide bonds. The number of nitrogens with one attached hydrogen (secondary N) is 2. The first-order chi connectivity index (χ1) is 8.08. The van der Waals surface area contributed by atoms with Crippen LogP contribution in [0.15, 0.2) is 12.4 Å². The molecule has 2 heterocycles. The number of aromatic amines is 1. The smallest absolute Gasteiger partial charge is 0.232 e. The molecule has 0 bridgehead atoms. The summed E-state index contributed by atoms with van der Waals surface area (Å²) >= 11 is 0. The van der Waals surface area contributed by atoms with E-state index < -0.39 is 0 Å². The Morgan fingerprint density at radius 3 is 2.94 bits per heavy atom. The van der Waals surface area contributed by atoms with E-state index in [-0.39, 0.29) is 30.2 Å². The number of amides is 2. The molecular weight excluding hydrogens is 220 g/mol. The highest BCUT2D eigenvalue weighted by atomic mass is 16.2. The molecule has 1 atom stereocenters. The van der Waals surface area contributed by atoms with Gasteiger partial charge in [0.1, 0.15) is 0 Å². The monoisotopic (exact) mass is 236 g/mol. The van der Waals surface area contributed by atoms with E-state index in [1.54, 1.807) is 17.3 Å². The van der Waals surface area contributed by atoms with Crippen molar-refractivity contribution in [3.8, 4) is 0 Å². The van der Waals surface area contributed by atoms with Gasteiger partial charge in [-0.25, -0.2) is 4.98 Å². The van der Waals surface area contributed by atoms with Crippen LogP contribution < -0.4 is 5.32 Å². The number of aromatic nitrogens is 2. The number of rotatable bonds is 3. The standard InChI is InChI=1S/C11H16N4O2/c1-7(2)15-6-8(5-9(15)16)10(17)14-11-12-3-4-13-11/h3-4,7-8H,5-6H2,1-2H3,(H2,12,13,14,17). The van der Waals surface area contributed by atoms with Gasteiger partial charge in [-0.15, -0.1) is 0 Å². The molecule has 6 heteroatoms. The Hall–Kier alpha value is -1.85. The summed E-state index contributed by atoms with van der Waals surface area (Å²) in [6, 6.07) is 0.143. The van der Waals surface area contributed by atoms with Gasteiger partial charge in [0.2, 0.25) is 17.8 Å². The molecule has 1 saturated heterocycles. The molecule has 1 fully saturated rings. The molecule has 0 saturated carbocycles. The number of imidazole rings is 1. The van der Waals surface area contributed by atoms with Crippen LogP contribution in [-0.4, -0.2) is 39.3 Å². The van der Waals surface area contributed by atoms with Crippen LogP contribution in [0.25, 0.3) is 0 Å². The average molecular weight is 236 g/mol. The van der Waals surface area contributed by atoms with Crippen LogP contribution in [0.4, 0.5) is 5.95 Å². The summed E-state index contributed by atoms with van der Waals surface area (Å²) in [5.41, 5.74) is 0. The zero-order valence-electron chi connectivity index (χ0n) is 9.93. The molecule has 1 aliphatic rings. The molecule has 1 aliphatic heterocycles. The zero-order valence-corrected chi connectivity index (χ0v) is 9.93. The van der Waals surface area contributed by atoms with Gasteiger partial charge in [-0.2, -0.15) is 0 Å². The number of H-pyrrole nitrogens is 1. The zero-order chi connectivity index (χ0) is 12.4. The second-order valence-electron chi connectivity index (χ2n) is 4.47. The summed E-state index contributed by atoms with van der Waals surface area (Å²) in [4.78, 5) is 32.0. The summed E-state index contributed by atoms with van der Waals surface area (Å²) in [6.45, 7) is 4.39. The summed E-state index contributed by atoms with van der Waals surface area (Å²) in [5.74, 6) is 0.0245. The third-order valence-electron chi connectivity index (χ3n) is 2.89.